The molecule has 4 heterocycles. The van der Waals surface area contributed by atoms with Crippen LogP contribution >= 0.6 is 22.7 Å². The lowest BCUT2D eigenvalue weighted by molar-refractivity contribution is 0.303. The summed E-state index contributed by atoms with van der Waals surface area (Å²) < 4.78 is 24.7. The molecule has 0 aliphatic carbocycles. The van der Waals surface area contributed by atoms with Crippen LogP contribution in [0.3, 0.4) is 0 Å². The van der Waals surface area contributed by atoms with Gasteiger partial charge in [-0.2, -0.15) is 0 Å². The topological polar surface area (TPSA) is 83.9 Å². The molecule has 2 aromatic carbocycles. The van der Waals surface area contributed by atoms with Crippen LogP contribution in [0, 0.1) is 0 Å². The molecule has 0 aliphatic heterocycles. The third-order valence-electron chi connectivity index (χ3n) is 6.19. The molecular weight excluding hydrogens is 520 g/mol. The number of ether oxygens (including phenoxy) is 3. The van der Waals surface area contributed by atoms with E-state index in [0.717, 1.165) is 26.6 Å². The summed E-state index contributed by atoms with van der Waals surface area (Å²) >= 11 is 2.97. The first-order chi connectivity index (χ1) is 18.3. The normalized spacial score (nSPS) is 11.9. The van der Waals surface area contributed by atoms with E-state index >= 15 is 0 Å². The molecule has 38 heavy (non-hydrogen) atoms. The second kappa shape index (κ2) is 9.45. The van der Waals surface area contributed by atoms with E-state index in [9.17, 15) is 0 Å². The van der Waals surface area contributed by atoms with Crippen LogP contribution in [0.5, 0.6) is 16.7 Å². The van der Waals surface area contributed by atoms with Crippen LogP contribution in [0.15, 0.2) is 58.5 Å². The summed E-state index contributed by atoms with van der Waals surface area (Å²) in [6, 6.07) is 14.2. The first-order valence-corrected chi connectivity index (χ1v) is 13.7. The van der Waals surface area contributed by atoms with Gasteiger partial charge in [-0.3, -0.25) is 0 Å². The standard InChI is InChI=1S/C28H26N4O4S2/c1-28(2,3)17-8-6-16(7-9-17)25-29-18(15-37-25)14-35-22-10-19(33-4)11-23-20(22)12-24(36-23)21-13-32-26(30-21)38-27(31-32)34-5/h6-13,15H,14H2,1-5H3. The molecule has 0 spiro atoms. The summed E-state index contributed by atoms with van der Waals surface area (Å²) in [4.78, 5) is 10.2. The molecule has 0 unspecified atom stereocenters. The molecule has 10 heteroatoms. The zero-order chi connectivity index (χ0) is 26.4. The summed E-state index contributed by atoms with van der Waals surface area (Å²) in [5.41, 5.74) is 4.70. The molecule has 194 valence electrons. The highest BCUT2D eigenvalue weighted by molar-refractivity contribution is 7.18. The molecule has 0 aliphatic rings. The number of fused-ring (bicyclic) bond motifs is 2. The fourth-order valence-corrected chi connectivity index (χ4v) is 5.61. The highest BCUT2D eigenvalue weighted by Gasteiger charge is 2.18. The average Bonchev–Trinajstić information content (AvgIpc) is 3.69. The van der Waals surface area contributed by atoms with Crippen LogP contribution in [-0.4, -0.2) is 33.8 Å². The first-order valence-electron chi connectivity index (χ1n) is 12.0. The van der Waals surface area contributed by atoms with E-state index in [0.29, 0.717) is 40.3 Å². The van der Waals surface area contributed by atoms with Crippen LogP contribution in [0.25, 0.3) is 38.0 Å². The lowest BCUT2D eigenvalue weighted by Gasteiger charge is -2.18. The Morgan fingerprint density at radius 1 is 1.00 bits per heavy atom. The quantitative estimate of drug-likeness (QED) is 0.209. The fourth-order valence-electron chi connectivity index (χ4n) is 4.10. The van der Waals surface area contributed by atoms with Crippen molar-refractivity contribution in [1.29, 1.82) is 0 Å². The van der Waals surface area contributed by atoms with Crippen LogP contribution in [-0.2, 0) is 12.0 Å². The zero-order valence-corrected chi connectivity index (χ0v) is 23.3. The van der Waals surface area contributed by atoms with E-state index in [1.54, 1.807) is 30.1 Å². The molecule has 0 radical (unpaired) electrons. The lowest BCUT2D eigenvalue weighted by Crippen LogP contribution is -2.10. The van der Waals surface area contributed by atoms with Crippen molar-refractivity contribution < 1.29 is 18.6 Å². The predicted octanol–water partition coefficient (Wildman–Crippen LogP) is 7.22. The van der Waals surface area contributed by atoms with Crippen molar-refractivity contribution in [2.24, 2.45) is 0 Å². The minimum atomic E-state index is 0.119. The third-order valence-corrected chi connectivity index (χ3v) is 8.01. The first kappa shape index (κ1) is 24.4. The monoisotopic (exact) mass is 546 g/mol. The van der Waals surface area contributed by atoms with Gasteiger partial charge >= 0.3 is 0 Å². The van der Waals surface area contributed by atoms with E-state index in [2.05, 4.69) is 55.1 Å². The number of imidazole rings is 1. The van der Waals surface area contributed by atoms with Crippen LogP contribution in [0.4, 0.5) is 0 Å². The SMILES string of the molecule is COc1cc(OCc2csc(-c3ccc(C(C)(C)C)cc3)n2)c2cc(-c3cn4nc(OC)sc4n3)oc2c1. The highest BCUT2D eigenvalue weighted by Crippen LogP contribution is 2.38. The van der Waals surface area contributed by atoms with Crippen LogP contribution in [0.2, 0.25) is 0 Å². The minimum Gasteiger partial charge on any atom is -0.496 e. The van der Waals surface area contributed by atoms with Crippen molar-refractivity contribution in [3.63, 3.8) is 0 Å². The van der Waals surface area contributed by atoms with Gasteiger partial charge in [-0.05, 0) is 28.4 Å². The molecule has 6 aromatic rings. The number of benzene rings is 2. The summed E-state index contributed by atoms with van der Waals surface area (Å²) in [6.45, 7) is 6.97. The summed E-state index contributed by atoms with van der Waals surface area (Å²) in [5.74, 6) is 1.91. The van der Waals surface area contributed by atoms with Gasteiger partial charge in [0.15, 0.2) is 5.76 Å². The number of methoxy groups -OCH3 is 2. The molecular formula is C28H26N4O4S2. The molecule has 8 nitrogen and oxygen atoms in total. The van der Waals surface area contributed by atoms with Gasteiger partial charge in [-0.15, -0.1) is 16.4 Å². The molecule has 0 N–H and O–H groups in total. The van der Waals surface area contributed by atoms with E-state index in [4.69, 9.17) is 23.6 Å². The van der Waals surface area contributed by atoms with Gasteiger partial charge in [0, 0.05) is 23.1 Å². The Labute approximate surface area is 227 Å². The molecule has 0 saturated heterocycles. The second-order valence-electron chi connectivity index (χ2n) is 9.83. The highest BCUT2D eigenvalue weighted by atomic mass is 32.1. The van der Waals surface area contributed by atoms with Gasteiger partial charge in [0.25, 0.3) is 5.19 Å². The Hall–Kier alpha value is -3.89. The average molecular weight is 547 g/mol. The molecule has 0 saturated carbocycles. The number of aromatic nitrogens is 4. The van der Waals surface area contributed by atoms with E-state index < -0.39 is 0 Å². The van der Waals surface area contributed by atoms with Gasteiger partial charge < -0.3 is 18.6 Å². The van der Waals surface area contributed by atoms with Crippen molar-refractivity contribution in [3.05, 3.63) is 65.3 Å². The molecule has 4 aromatic heterocycles. The van der Waals surface area contributed by atoms with Crippen molar-refractivity contribution in [1.82, 2.24) is 19.6 Å². The number of furan rings is 1. The molecule has 0 fully saturated rings. The van der Waals surface area contributed by atoms with Crippen molar-refractivity contribution in [3.8, 4) is 38.7 Å². The Morgan fingerprint density at radius 3 is 2.53 bits per heavy atom. The molecule has 0 amide bonds. The Balaban J connectivity index is 1.25. The smallest absolute Gasteiger partial charge is 0.294 e. The summed E-state index contributed by atoms with van der Waals surface area (Å²) in [6.07, 6.45) is 1.81. The van der Waals surface area contributed by atoms with Gasteiger partial charge in [-0.1, -0.05) is 45.0 Å². The summed E-state index contributed by atoms with van der Waals surface area (Å²) in [5, 5.41) is 8.72. The Morgan fingerprint density at radius 2 is 1.82 bits per heavy atom. The van der Waals surface area contributed by atoms with Gasteiger partial charge in [0.2, 0.25) is 4.96 Å². The van der Waals surface area contributed by atoms with Gasteiger partial charge in [-0.25, -0.2) is 14.5 Å². The number of thiazole rings is 1. The van der Waals surface area contributed by atoms with Gasteiger partial charge in [0.05, 0.1) is 31.5 Å². The van der Waals surface area contributed by atoms with Crippen LogP contribution < -0.4 is 14.2 Å². The van der Waals surface area contributed by atoms with E-state index in [1.165, 1.54) is 16.9 Å². The van der Waals surface area contributed by atoms with Crippen molar-refractivity contribution in [2.45, 2.75) is 32.8 Å². The maximum atomic E-state index is 6.24. The number of hydrogen-bond donors (Lipinski definition) is 0. The van der Waals surface area contributed by atoms with Crippen molar-refractivity contribution in [2.75, 3.05) is 14.2 Å². The largest absolute Gasteiger partial charge is 0.496 e. The van der Waals surface area contributed by atoms with Gasteiger partial charge in [0.1, 0.15) is 34.4 Å². The predicted molar refractivity (Wildman–Crippen MR) is 150 cm³/mol. The number of nitrogens with zero attached hydrogens (tertiary/aromatic N) is 4. The Kier molecular flexibility index (Phi) is 6.08. The second-order valence-corrected chi connectivity index (χ2v) is 11.6. The fraction of sp³-hybridized carbons (Fsp3) is 0.250. The Bertz CT molecular complexity index is 1710. The molecule has 6 rings (SSSR count). The van der Waals surface area contributed by atoms with Crippen molar-refractivity contribution >= 4 is 38.6 Å². The third kappa shape index (κ3) is 4.61. The van der Waals surface area contributed by atoms with E-state index in [-0.39, 0.29) is 5.41 Å². The zero-order valence-electron chi connectivity index (χ0n) is 21.6. The van der Waals surface area contributed by atoms with Crippen LogP contribution in [0.1, 0.15) is 32.0 Å². The number of hydrogen-bond acceptors (Lipinski definition) is 9. The molecule has 0 atom stereocenters. The maximum absolute atomic E-state index is 6.24. The number of rotatable bonds is 7. The lowest BCUT2D eigenvalue weighted by atomic mass is 9.87. The summed E-state index contributed by atoms with van der Waals surface area (Å²) in [7, 11) is 3.21. The maximum Gasteiger partial charge on any atom is 0.294 e. The minimum absolute atomic E-state index is 0.119. The molecule has 0 bridgehead atoms. The van der Waals surface area contributed by atoms with E-state index in [1.807, 2.05) is 29.8 Å².